The molecule has 1 aromatic rings. The van der Waals surface area contributed by atoms with Crippen molar-refractivity contribution in [2.45, 2.75) is 19.3 Å². The van der Waals surface area contributed by atoms with E-state index >= 15 is 0 Å². The predicted octanol–water partition coefficient (Wildman–Crippen LogP) is 3.02. The van der Waals surface area contributed by atoms with Crippen LogP contribution in [0.2, 0.25) is 0 Å². The summed E-state index contributed by atoms with van der Waals surface area (Å²) in [6, 6.07) is 4.00. The average molecular weight is 281 g/mol. The van der Waals surface area contributed by atoms with Crippen molar-refractivity contribution in [2.75, 3.05) is 20.3 Å². The first-order valence-corrected chi connectivity index (χ1v) is 5.63. The highest BCUT2D eigenvalue weighted by molar-refractivity contribution is 5.30. The number of rotatable bonds is 6. The Bertz CT molecular complexity index is 409. The third-order valence-electron chi connectivity index (χ3n) is 2.49. The van der Waals surface area contributed by atoms with Gasteiger partial charge in [0.25, 0.3) is 0 Å². The van der Waals surface area contributed by atoms with Gasteiger partial charge in [0, 0.05) is 17.7 Å². The van der Waals surface area contributed by atoms with Gasteiger partial charge in [-0.05, 0) is 20.0 Å². The predicted molar refractivity (Wildman–Crippen MR) is 61.4 cm³/mol. The maximum atomic E-state index is 13.7. The van der Waals surface area contributed by atoms with E-state index < -0.39 is 18.8 Å². The van der Waals surface area contributed by atoms with Crippen molar-refractivity contribution in [2.24, 2.45) is 0 Å². The van der Waals surface area contributed by atoms with E-state index in [1.54, 1.807) is 14.0 Å². The minimum atomic E-state index is -4.68. The van der Waals surface area contributed by atoms with Crippen molar-refractivity contribution >= 4 is 0 Å². The molecule has 1 rings (SSSR count). The number of ether oxygens (including phenoxy) is 2. The van der Waals surface area contributed by atoms with Gasteiger partial charge in [0.05, 0.1) is 6.61 Å². The van der Waals surface area contributed by atoms with Crippen LogP contribution in [0.15, 0.2) is 18.2 Å². The minimum Gasteiger partial charge on any atom is -0.491 e. The zero-order valence-electron chi connectivity index (χ0n) is 10.6. The van der Waals surface area contributed by atoms with Crippen molar-refractivity contribution in [1.29, 1.82) is 0 Å². The van der Waals surface area contributed by atoms with E-state index in [1.165, 1.54) is 12.1 Å². The van der Waals surface area contributed by atoms with Crippen LogP contribution < -0.4 is 10.1 Å². The average Bonchev–Trinajstić information content (AvgIpc) is 2.33. The van der Waals surface area contributed by atoms with Crippen molar-refractivity contribution in [3.63, 3.8) is 0 Å². The summed E-state index contributed by atoms with van der Waals surface area (Å²) in [4.78, 5) is 0. The van der Waals surface area contributed by atoms with Gasteiger partial charge in [-0.25, -0.2) is 4.39 Å². The number of hydrogen-bond donors (Lipinski definition) is 1. The van der Waals surface area contributed by atoms with E-state index in [4.69, 9.17) is 4.74 Å². The van der Waals surface area contributed by atoms with E-state index in [0.29, 0.717) is 5.56 Å². The van der Waals surface area contributed by atoms with Gasteiger partial charge in [-0.2, -0.15) is 0 Å². The van der Waals surface area contributed by atoms with Crippen LogP contribution in [0.25, 0.3) is 0 Å². The van der Waals surface area contributed by atoms with Crippen LogP contribution in [-0.4, -0.2) is 26.6 Å². The Kier molecular flexibility index (Phi) is 5.56. The molecule has 1 aromatic carbocycles. The molecule has 0 fully saturated rings. The molecular formula is C12H15F4NO2. The van der Waals surface area contributed by atoms with E-state index in [9.17, 15) is 17.6 Å². The zero-order valence-corrected chi connectivity index (χ0v) is 10.6. The van der Waals surface area contributed by atoms with Gasteiger partial charge in [-0.3, -0.25) is 4.74 Å². The molecular weight excluding hydrogens is 266 g/mol. The third kappa shape index (κ3) is 5.44. The van der Waals surface area contributed by atoms with Crippen molar-refractivity contribution < 1.29 is 27.0 Å². The molecule has 1 N–H and O–H groups in total. The lowest BCUT2D eigenvalue weighted by atomic mass is 10.1. The summed E-state index contributed by atoms with van der Waals surface area (Å²) in [5.41, 5.74) is 0.460. The molecule has 0 spiro atoms. The van der Waals surface area contributed by atoms with Gasteiger partial charge in [0.15, 0.2) is 0 Å². The van der Waals surface area contributed by atoms with E-state index in [0.717, 1.165) is 6.07 Å². The van der Waals surface area contributed by atoms with Gasteiger partial charge in [-0.15, -0.1) is 13.2 Å². The summed E-state index contributed by atoms with van der Waals surface area (Å²) in [6.45, 7) is 0.843. The summed E-state index contributed by atoms with van der Waals surface area (Å²) >= 11 is 0. The second-order valence-corrected chi connectivity index (χ2v) is 3.84. The second kappa shape index (κ2) is 6.72. The van der Waals surface area contributed by atoms with Gasteiger partial charge in [0.2, 0.25) is 0 Å². The van der Waals surface area contributed by atoms with Gasteiger partial charge in [0.1, 0.15) is 18.2 Å². The van der Waals surface area contributed by atoms with Crippen molar-refractivity contribution in [3.8, 4) is 5.75 Å². The Morgan fingerprint density at radius 2 is 1.95 bits per heavy atom. The maximum absolute atomic E-state index is 13.7. The van der Waals surface area contributed by atoms with E-state index in [2.05, 4.69) is 10.1 Å². The number of alkyl halides is 3. The lowest BCUT2D eigenvalue weighted by molar-refractivity contribution is -0.325. The molecule has 19 heavy (non-hydrogen) atoms. The summed E-state index contributed by atoms with van der Waals surface area (Å²) in [5.74, 6) is -0.314. The largest absolute Gasteiger partial charge is 0.522 e. The smallest absolute Gasteiger partial charge is 0.491 e. The third-order valence-corrected chi connectivity index (χ3v) is 2.49. The topological polar surface area (TPSA) is 30.5 Å². The van der Waals surface area contributed by atoms with E-state index in [-0.39, 0.29) is 18.4 Å². The Labute approximate surface area is 108 Å². The fourth-order valence-corrected chi connectivity index (χ4v) is 1.42. The molecule has 0 aliphatic heterocycles. The summed E-state index contributed by atoms with van der Waals surface area (Å²) in [5, 5.41) is 2.88. The van der Waals surface area contributed by atoms with Crippen LogP contribution in [-0.2, 0) is 4.74 Å². The van der Waals surface area contributed by atoms with Crippen LogP contribution >= 0.6 is 0 Å². The summed E-state index contributed by atoms with van der Waals surface area (Å²) < 4.78 is 57.2. The lowest BCUT2D eigenvalue weighted by Gasteiger charge is -2.13. The fourth-order valence-electron chi connectivity index (χ4n) is 1.42. The number of benzene rings is 1. The fraction of sp³-hybridized carbons (Fsp3) is 0.500. The maximum Gasteiger partial charge on any atom is 0.522 e. The van der Waals surface area contributed by atoms with Gasteiger partial charge < -0.3 is 10.1 Å². The molecule has 0 heterocycles. The molecule has 1 unspecified atom stereocenters. The molecule has 0 bridgehead atoms. The highest BCUT2D eigenvalue weighted by Crippen LogP contribution is 2.22. The van der Waals surface area contributed by atoms with Crippen LogP contribution in [0.3, 0.4) is 0 Å². The number of hydrogen-bond acceptors (Lipinski definition) is 3. The highest BCUT2D eigenvalue weighted by atomic mass is 19.4. The van der Waals surface area contributed by atoms with Crippen LogP contribution in [0.4, 0.5) is 17.6 Å². The zero-order chi connectivity index (χ0) is 14.5. The first-order chi connectivity index (χ1) is 8.83. The van der Waals surface area contributed by atoms with Crippen LogP contribution in [0.5, 0.6) is 5.75 Å². The first-order valence-electron chi connectivity index (χ1n) is 5.63. The highest BCUT2D eigenvalue weighted by Gasteiger charge is 2.28. The van der Waals surface area contributed by atoms with Gasteiger partial charge in [-0.1, -0.05) is 6.07 Å². The quantitative estimate of drug-likeness (QED) is 0.642. The second-order valence-electron chi connectivity index (χ2n) is 3.84. The first kappa shape index (κ1) is 15.7. The summed E-state index contributed by atoms with van der Waals surface area (Å²) in [6.07, 6.45) is -4.68. The Balaban J connectivity index is 2.50. The molecule has 0 saturated carbocycles. The Morgan fingerprint density at radius 3 is 2.47 bits per heavy atom. The molecule has 108 valence electrons. The standard InChI is InChI=1S/C12H15F4NO2/c1-8(17-2)10-4-3-9(7-11(10)13)18-5-6-19-12(14,15)16/h3-4,7-8,17H,5-6H2,1-2H3. The van der Waals surface area contributed by atoms with Crippen molar-refractivity contribution in [1.82, 2.24) is 5.32 Å². The Morgan fingerprint density at radius 1 is 1.26 bits per heavy atom. The molecule has 3 nitrogen and oxygen atoms in total. The Hall–Kier alpha value is -1.34. The number of halogens is 4. The molecule has 0 saturated heterocycles. The monoisotopic (exact) mass is 281 g/mol. The van der Waals surface area contributed by atoms with E-state index in [1.807, 2.05) is 0 Å². The number of nitrogens with one attached hydrogen (secondary N) is 1. The lowest BCUT2D eigenvalue weighted by Crippen LogP contribution is -2.18. The molecule has 0 aliphatic rings. The summed E-state index contributed by atoms with van der Waals surface area (Å²) in [7, 11) is 1.70. The molecule has 0 aromatic heterocycles. The molecule has 0 aliphatic carbocycles. The minimum absolute atomic E-state index is 0.162. The normalized spacial score (nSPS) is 13.4. The van der Waals surface area contributed by atoms with Crippen molar-refractivity contribution in [3.05, 3.63) is 29.6 Å². The SMILES string of the molecule is CNC(C)c1ccc(OCCOC(F)(F)F)cc1F. The molecule has 1 atom stereocenters. The molecule has 7 heteroatoms. The molecule has 0 amide bonds. The van der Waals surface area contributed by atoms with Crippen LogP contribution in [0, 0.1) is 5.82 Å². The molecule has 0 radical (unpaired) electrons. The van der Waals surface area contributed by atoms with Gasteiger partial charge >= 0.3 is 6.36 Å². The van der Waals surface area contributed by atoms with Crippen LogP contribution in [0.1, 0.15) is 18.5 Å².